The van der Waals surface area contributed by atoms with Gasteiger partial charge in [0.05, 0.1) is 0 Å². The average Bonchev–Trinajstić information content (AvgIpc) is 2.74. The first-order valence-corrected chi connectivity index (χ1v) is 9.17. The molecule has 0 aliphatic carbocycles. The summed E-state index contributed by atoms with van der Waals surface area (Å²) in [5.74, 6) is -0.822. The third kappa shape index (κ3) is 6.47. The number of carbonyl (C=O) groups is 4. The lowest BCUT2D eigenvalue weighted by Gasteiger charge is -2.07. The Labute approximate surface area is 170 Å². The smallest absolute Gasteiger partial charge is 0.228 e. The fraction of sp³-hybridized carbons (Fsp3) is 0.120. The van der Waals surface area contributed by atoms with Gasteiger partial charge in [0.2, 0.25) is 5.78 Å². The molecule has 146 valence electrons. The van der Waals surface area contributed by atoms with E-state index in [0.717, 1.165) is 5.56 Å². The number of carbonyl (C=O) groups excluding carboxylic acids is 4. The van der Waals surface area contributed by atoms with Crippen molar-refractivity contribution in [3.63, 3.8) is 0 Å². The third-order valence-corrected chi connectivity index (χ3v) is 4.09. The highest BCUT2D eigenvalue weighted by Gasteiger charge is 2.13. The van der Waals surface area contributed by atoms with Gasteiger partial charge in [-0.2, -0.15) is 0 Å². The van der Waals surface area contributed by atoms with E-state index in [4.69, 9.17) is 0 Å². The first-order chi connectivity index (χ1) is 13.9. The van der Waals surface area contributed by atoms with E-state index in [-0.39, 0.29) is 11.6 Å². The highest BCUT2D eigenvalue weighted by Crippen LogP contribution is 2.15. The first kappa shape index (κ1) is 21.6. The molecular formula is C25H22O4. The van der Waals surface area contributed by atoms with Crippen molar-refractivity contribution >= 4 is 23.1 Å². The SMILES string of the molecule is CC(=O)C(=O)c1ccccc1.CC(=O)Cc1ccccc1C(=O)c1ccccc1. The molecule has 0 aromatic heterocycles. The number of Topliss-reactive ketones (excluding diaryl/α,β-unsaturated/α-hetero) is 3. The molecule has 4 nitrogen and oxygen atoms in total. The van der Waals surface area contributed by atoms with Crippen LogP contribution < -0.4 is 0 Å². The van der Waals surface area contributed by atoms with E-state index in [2.05, 4.69) is 0 Å². The number of benzene rings is 3. The highest BCUT2D eigenvalue weighted by molar-refractivity contribution is 6.42. The number of hydrogen-bond acceptors (Lipinski definition) is 4. The maximum Gasteiger partial charge on any atom is 0.228 e. The molecule has 0 saturated carbocycles. The minimum absolute atomic E-state index is 0.0348. The molecular weight excluding hydrogens is 364 g/mol. The Bertz CT molecular complexity index is 1010. The predicted octanol–water partition coefficient (Wildman–Crippen LogP) is 4.51. The van der Waals surface area contributed by atoms with Gasteiger partial charge in [0, 0.05) is 30.0 Å². The summed E-state index contributed by atoms with van der Waals surface area (Å²) in [6.45, 7) is 2.80. The zero-order valence-electron chi connectivity index (χ0n) is 16.4. The van der Waals surface area contributed by atoms with Crippen LogP contribution in [0.1, 0.15) is 45.7 Å². The standard InChI is InChI=1S/C16H14O2.C9H8O2/c1-12(17)11-14-9-5-6-10-15(14)16(18)13-7-3-2-4-8-13;1-7(10)9(11)8-5-3-2-4-6-8/h2-10H,11H2,1H3;2-6H,1H3. The Morgan fingerprint density at radius 3 is 1.62 bits per heavy atom. The van der Waals surface area contributed by atoms with Crippen LogP contribution in [0.15, 0.2) is 84.9 Å². The van der Waals surface area contributed by atoms with Gasteiger partial charge in [-0.1, -0.05) is 84.9 Å². The van der Waals surface area contributed by atoms with Gasteiger partial charge in [-0.3, -0.25) is 19.2 Å². The Kier molecular flexibility index (Phi) is 7.92. The predicted molar refractivity (Wildman–Crippen MR) is 112 cm³/mol. The normalized spacial score (nSPS) is 9.72. The number of rotatable bonds is 6. The molecule has 0 spiro atoms. The average molecular weight is 386 g/mol. The molecule has 0 amide bonds. The summed E-state index contributed by atoms with van der Waals surface area (Å²) < 4.78 is 0. The minimum atomic E-state index is -0.425. The van der Waals surface area contributed by atoms with E-state index in [9.17, 15) is 19.2 Å². The molecule has 0 fully saturated rings. The monoisotopic (exact) mass is 386 g/mol. The lowest BCUT2D eigenvalue weighted by atomic mass is 9.96. The van der Waals surface area contributed by atoms with Crippen LogP contribution in [0.4, 0.5) is 0 Å². The molecule has 0 atom stereocenters. The first-order valence-electron chi connectivity index (χ1n) is 9.17. The number of hydrogen-bond donors (Lipinski definition) is 0. The number of ketones is 4. The van der Waals surface area contributed by atoms with E-state index < -0.39 is 11.6 Å². The maximum absolute atomic E-state index is 12.3. The summed E-state index contributed by atoms with van der Waals surface area (Å²) >= 11 is 0. The Balaban J connectivity index is 0.000000234. The van der Waals surface area contributed by atoms with Crippen LogP contribution in [0.2, 0.25) is 0 Å². The Morgan fingerprint density at radius 2 is 1.10 bits per heavy atom. The molecule has 0 bridgehead atoms. The van der Waals surface area contributed by atoms with E-state index in [1.807, 2.05) is 36.4 Å². The molecule has 3 aromatic carbocycles. The van der Waals surface area contributed by atoms with Gasteiger partial charge >= 0.3 is 0 Å². The second-order valence-corrected chi connectivity index (χ2v) is 6.48. The van der Waals surface area contributed by atoms with Gasteiger partial charge in [-0.15, -0.1) is 0 Å². The van der Waals surface area contributed by atoms with Crippen molar-refractivity contribution in [3.05, 3.63) is 107 Å². The van der Waals surface area contributed by atoms with Crippen molar-refractivity contribution < 1.29 is 19.2 Å². The lowest BCUT2D eigenvalue weighted by molar-refractivity contribution is -0.116. The maximum atomic E-state index is 12.3. The molecule has 4 heteroatoms. The second-order valence-electron chi connectivity index (χ2n) is 6.48. The topological polar surface area (TPSA) is 68.3 Å². The molecule has 3 rings (SSSR count). The molecule has 29 heavy (non-hydrogen) atoms. The molecule has 0 radical (unpaired) electrons. The van der Waals surface area contributed by atoms with Crippen LogP contribution in [0.5, 0.6) is 0 Å². The molecule has 0 N–H and O–H groups in total. The summed E-state index contributed by atoms with van der Waals surface area (Å²) in [7, 11) is 0. The van der Waals surface area contributed by atoms with Crippen LogP contribution >= 0.6 is 0 Å². The Morgan fingerprint density at radius 1 is 0.621 bits per heavy atom. The summed E-state index contributed by atoms with van der Waals surface area (Å²) in [6.07, 6.45) is 0.300. The molecule has 0 aliphatic rings. The van der Waals surface area contributed by atoms with Crippen molar-refractivity contribution in [2.24, 2.45) is 0 Å². The summed E-state index contributed by atoms with van der Waals surface area (Å²) in [5, 5.41) is 0. The van der Waals surface area contributed by atoms with Gasteiger partial charge in [0.1, 0.15) is 5.78 Å². The van der Waals surface area contributed by atoms with Crippen molar-refractivity contribution in [3.8, 4) is 0 Å². The van der Waals surface area contributed by atoms with E-state index in [1.165, 1.54) is 13.8 Å². The summed E-state index contributed by atoms with van der Waals surface area (Å²) in [4.78, 5) is 45.1. The van der Waals surface area contributed by atoms with Crippen molar-refractivity contribution in [2.75, 3.05) is 0 Å². The van der Waals surface area contributed by atoms with Crippen molar-refractivity contribution in [1.82, 2.24) is 0 Å². The van der Waals surface area contributed by atoms with Gasteiger partial charge in [-0.05, 0) is 12.5 Å². The van der Waals surface area contributed by atoms with Crippen LogP contribution in [0.25, 0.3) is 0 Å². The summed E-state index contributed by atoms with van der Waals surface area (Å²) in [5.41, 5.74) is 2.51. The highest BCUT2D eigenvalue weighted by atomic mass is 16.2. The lowest BCUT2D eigenvalue weighted by Crippen LogP contribution is -2.08. The molecule has 0 aliphatic heterocycles. The van der Waals surface area contributed by atoms with Crippen molar-refractivity contribution in [2.45, 2.75) is 20.3 Å². The quantitative estimate of drug-likeness (QED) is 0.462. The van der Waals surface area contributed by atoms with Crippen LogP contribution in [-0.2, 0) is 16.0 Å². The zero-order valence-corrected chi connectivity index (χ0v) is 16.4. The van der Waals surface area contributed by atoms with Gasteiger partial charge < -0.3 is 0 Å². The van der Waals surface area contributed by atoms with Gasteiger partial charge in [0.25, 0.3) is 0 Å². The minimum Gasteiger partial charge on any atom is -0.300 e. The third-order valence-electron chi connectivity index (χ3n) is 4.09. The fourth-order valence-electron chi connectivity index (χ4n) is 2.70. The molecule has 3 aromatic rings. The van der Waals surface area contributed by atoms with E-state index in [1.54, 1.807) is 48.5 Å². The van der Waals surface area contributed by atoms with Crippen LogP contribution in [0.3, 0.4) is 0 Å². The summed E-state index contributed by atoms with van der Waals surface area (Å²) in [6, 6.07) is 24.9. The van der Waals surface area contributed by atoms with Gasteiger partial charge in [0.15, 0.2) is 11.6 Å². The fourth-order valence-corrected chi connectivity index (χ4v) is 2.70. The van der Waals surface area contributed by atoms with Crippen LogP contribution in [0, 0.1) is 0 Å². The van der Waals surface area contributed by atoms with Gasteiger partial charge in [-0.25, -0.2) is 0 Å². The second kappa shape index (κ2) is 10.6. The molecule has 0 saturated heterocycles. The zero-order chi connectivity index (χ0) is 21.2. The van der Waals surface area contributed by atoms with E-state index >= 15 is 0 Å². The van der Waals surface area contributed by atoms with Crippen LogP contribution in [-0.4, -0.2) is 23.1 Å². The largest absolute Gasteiger partial charge is 0.300 e. The molecule has 0 heterocycles. The van der Waals surface area contributed by atoms with Crippen molar-refractivity contribution in [1.29, 1.82) is 0 Å². The molecule has 0 unspecified atom stereocenters. The van der Waals surface area contributed by atoms with E-state index in [0.29, 0.717) is 23.1 Å². The Hall–Kier alpha value is -3.66.